The van der Waals surface area contributed by atoms with E-state index in [0.29, 0.717) is 36.0 Å². The van der Waals surface area contributed by atoms with Gasteiger partial charge in [-0.1, -0.05) is 18.9 Å². The topological polar surface area (TPSA) is 113 Å². The zero-order valence-electron chi connectivity index (χ0n) is 20.0. The molecular formula is C25H31N5O4S. The van der Waals surface area contributed by atoms with Crippen molar-refractivity contribution in [3.8, 4) is 0 Å². The summed E-state index contributed by atoms with van der Waals surface area (Å²) in [6, 6.07) is 6.56. The predicted molar refractivity (Wildman–Crippen MR) is 132 cm³/mol. The van der Waals surface area contributed by atoms with Gasteiger partial charge in [-0.25, -0.2) is 13.1 Å². The third kappa shape index (κ3) is 4.22. The maximum absolute atomic E-state index is 13.5. The van der Waals surface area contributed by atoms with Crippen molar-refractivity contribution in [3.05, 3.63) is 40.6 Å². The maximum atomic E-state index is 13.5. The number of amides is 2. The second-order valence-corrected chi connectivity index (χ2v) is 12.8. The van der Waals surface area contributed by atoms with Crippen molar-refractivity contribution in [2.45, 2.75) is 57.0 Å². The van der Waals surface area contributed by atoms with Gasteiger partial charge in [0.25, 0.3) is 5.91 Å². The minimum atomic E-state index is -3.49. The van der Waals surface area contributed by atoms with Crippen LogP contribution < -0.4 is 15.5 Å². The van der Waals surface area contributed by atoms with Crippen molar-refractivity contribution in [1.82, 2.24) is 15.1 Å². The van der Waals surface area contributed by atoms with Gasteiger partial charge in [-0.15, -0.1) is 0 Å². The Labute approximate surface area is 205 Å². The fourth-order valence-corrected chi connectivity index (χ4v) is 6.26. The Morgan fingerprint density at radius 2 is 2.09 bits per heavy atom. The Kier molecular flexibility index (Phi) is 5.21. The van der Waals surface area contributed by atoms with Gasteiger partial charge in [0.15, 0.2) is 9.84 Å². The molecule has 1 atom stereocenters. The van der Waals surface area contributed by atoms with E-state index < -0.39 is 27.0 Å². The van der Waals surface area contributed by atoms with Crippen LogP contribution in [0.1, 0.15) is 59.3 Å². The number of sulfone groups is 1. The summed E-state index contributed by atoms with van der Waals surface area (Å²) in [7, 11) is -3.49. The van der Waals surface area contributed by atoms with Crippen LogP contribution in [0.25, 0.3) is 0 Å². The lowest BCUT2D eigenvalue weighted by Crippen LogP contribution is -2.50. The van der Waals surface area contributed by atoms with Gasteiger partial charge in [0.2, 0.25) is 5.91 Å². The molecule has 1 spiro atoms. The summed E-state index contributed by atoms with van der Waals surface area (Å²) in [5, 5.41) is 10.7. The van der Waals surface area contributed by atoms with Gasteiger partial charge in [0.1, 0.15) is 17.1 Å². The summed E-state index contributed by atoms with van der Waals surface area (Å²) in [5.74, 6) is -0.585. The molecule has 1 saturated carbocycles. The number of hydrogen-bond acceptors (Lipinski definition) is 6. The molecule has 10 heteroatoms. The van der Waals surface area contributed by atoms with Crippen LogP contribution in [0.15, 0.2) is 18.2 Å². The van der Waals surface area contributed by atoms with E-state index in [-0.39, 0.29) is 5.91 Å². The molecule has 2 aliphatic carbocycles. The number of aryl methyl sites for hydroxylation is 2. The molecule has 0 unspecified atom stereocenters. The number of nitrogens with one attached hydrogen (secondary N) is 2. The summed E-state index contributed by atoms with van der Waals surface area (Å²) in [6.07, 6.45) is 7.81. The van der Waals surface area contributed by atoms with Crippen molar-refractivity contribution in [2.75, 3.05) is 35.3 Å². The number of fused-ring (bicyclic) bond motifs is 3. The zero-order valence-corrected chi connectivity index (χ0v) is 20.8. The maximum Gasteiger partial charge on any atom is 0.257 e. The van der Waals surface area contributed by atoms with Gasteiger partial charge >= 0.3 is 0 Å². The molecule has 2 N–H and O–H groups in total. The summed E-state index contributed by atoms with van der Waals surface area (Å²) in [6.45, 7) is 2.77. The third-order valence-corrected chi connectivity index (χ3v) is 8.60. The molecule has 6 rings (SSSR count). The van der Waals surface area contributed by atoms with Gasteiger partial charge in [0, 0.05) is 38.0 Å². The fourth-order valence-electron chi connectivity index (χ4n) is 5.71. The molecule has 35 heavy (non-hydrogen) atoms. The molecular weight excluding hydrogens is 466 g/mol. The van der Waals surface area contributed by atoms with Crippen LogP contribution in [0.4, 0.5) is 11.5 Å². The molecule has 0 radical (unpaired) electrons. The lowest BCUT2D eigenvalue weighted by Gasteiger charge is -2.36. The molecule has 1 saturated heterocycles. The summed E-state index contributed by atoms with van der Waals surface area (Å²) < 4.78 is 25.0. The van der Waals surface area contributed by atoms with Crippen molar-refractivity contribution < 1.29 is 18.0 Å². The van der Waals surface area contributed by atoms with Crippen molar-refractivity contribution >= 4 is 33.2 Å². The Hall–Kier alpha value is -2.88. The van der Waals surface area contributed by atoms with Gasteiger partial charge in [-0.05, 0) is 54.9 Å². The number of nitrogens with zero attached hydrogens (tertiary/aromatic N) is 3. The molecule has 2 amide bonds. The van der Waals surface area contributed by atoms with E-state index in [4.69, 9.17) is 5.10 Å². The van der Waals surface area contributed by atoms with Gasteiger partial charge in [-0.2, -0.15) is 5.10 Å². The lowest BCUT2D eigenvalue weighted by molar-refractivity contribution is -0.113. The number of anilines is 2. The Morgan fingerprint density at radius 3 is 2.77 bits per heavy atom. The van der Waals surface area contributed by atoms with Gasteiger partial charge in [0.05, 0.1) is 11.2 Å². The van der Waals surface area contributed by atoms with Crippen LogP contribution in [0.3, 0.4) is 0 Å². The van der Waals surface area contributed by atoms with Crippen molar-refractivity contribution in [3.63, 3.8) is 0 Å². The van der Waals surface area contributed by atoms with E-state index in [1.54, 1.807) is 4.68 Å². The minimum Gasteiger partial charge on any atom is -0.371 e. The fraction of sp³-hybridized carbons (Fsp3) is 0.560. The SMILES string of the molecule is CS(=O)(=O)CC(=O)Nc1c2c(nn1CCC1CC1)C[C@]1(CCc3cc(N4CCC4)ccc31)NC2=O. The quantitative estimate of drug-likeness (QED) is 0.605. The second-order valence-electron chi connectivity index (χ2n) is 10.6. The number of carbonyl (C=O) groups excluding carboxylic acids is 2. The van der Waals surface area contributed by atoms with E-state index in [1.165, 1.54) is 30.5 Å². The average molecular weight is 498 g/mol. The molecule has 0 bridgehead atoms. The van der Waals surface area contributed by atoms with Gasteiger partial charge < -0.3 is 15.5 Å². The first-order valence-corrected chi connectivity index (χ1v) is 14.5. The van der Waals surface area contributed by atoms with Crippen LogP contribution in [-0.2, 0) is 39.6 Å². The monoisotopic (exact) mass is 497 g/mol. The van der Waals surface area contributed by atoms with E-state index in [2.05, 4.69) is 33.7 Å². The Bertz CT molecular complexity index is 1330. The van der Waals surface area contributed by atoms with E-state index in [1.807, 2.05) is 0 Å². The number of aromatic nitrogens is 2. The van der Waals surface area contributed by atoms with Crippen molar-refractivity contribution in [2.24, 2.45) is 5.92 Å². The summed E-state index contributed by atoms with van der Waals surface area (Å²) >= 11 is 0. The number of carbonyl (C=O) groups is 2. The van der Waals surface area contributed by atoms with Crippen LogP contribution in [0.5, 0.6) is 0 Å². The minimum absolute atomic E-state index is 0.266. The molecule has 2 aliphatic heterocycles. The first-order chi connectivity index (χ1) is 16.7. The van der Waals surface area contributed by atoms with E-state index in [9.17, 15) is 18.0 Å². The molecule has 1 aromatic heterocycles. The molecule has 4 aliphatic rings. The van der Waals surface area contributed by atoms with Crippen molar-refractivity contribution in [1.29, 1.82) is 0 Å². The highest BCUT2D eigenvalue weighted by atomic mass is 32.2. The molecule has 3 heterocycles. The molecule has 9 nitrogen and oxygen atoms in total. The smallest absolute Gasteiger partial charge is 0.257 e. The Morgan fingerprint density at radius 1 is 1.29 bits per heavy atom. The predicted octanol–water partition coefficient (Wildman–Crippen LogP) is 2.00. The number of hydrogen-bond donors (Lipinski definition) is 2. The van der Waals surface area contributed by atoms with Crippen LogP contribution in [0.2, 0.25) is 0 Å². The van der Waals surface area contributed by atoms with Crippen LogP contribution in [0, 0.1) is 5.92 Å². The number of benzene rings is 1. The van der Waals surface area contributed by atoms with Crippen LogP contribution in [-0.4, -0.2) is 55.1 Å². The molecule has 1 aromatic carbocycles. The third-order valence-electron chi connectivity index (χ3n) is 7.82. The summed E-state index contributed by atoms with van der Waals surface area (Å²) in [5.41, 5.74) is 4.19. The zero-order chi connectivity index (χ0) is 24.4. The van der Waals surface area contributed by atoms with E-state index >= 15 is 0 Å². The normalized spacial score (nSPS) is 23.0. The summed E-state index contributed by atoms with van der Waals surface area (Å²) in [4.78, 5) is 28.4. The first-order valence-electron chi connectivity index (χ1n) is 12.5. The second kappa shape index (κ2) is 8.08. The largest absolute Gasteiger partial charge is 0.371 e. The highest BCUT2D eigenvalue weighted by Crippen LogP contribution is 2.45. The van der Waals surface area contributed by atoms with E-state index in [0.717, 1.165) is 44.2 Å². The molecule has 186 valence electrons. The lowest BCUT2D eigenvalue weighted by atomic mass is 9.82. The molecule has 2 aromatic rings. The Balaban J connectivity index is 1.32. The van der Waals surface area contributed by atoms with Crippen LogP contribution >= 0.6 is 0 Å². The number of rotatable bonds is 7. The average Bonchev–Trinajstić information content (AvgIpc) is 3.42. The standard InChI is InChI=1S/C25H31N5O4S/c1-35(33,34)15-21(31)26-23-22-20(28-30(23)12-8-16-3-4-16)14-25(27-24(22)32)9-7-17-13-18(5-6-19(17)25)29-10-2-11-29/h5-6,13,16H,2-4,7-12,14-15H2,1H3,(H,26,31)(H,27,32)/t25-/m0/s1. The first kappa shape index (κ1) is 22.6. The highest BCUT2D eigenvalue weighted by molar-refractivity contribution is 7.91. The highest BCUT2D eigenvalue weighted by Gasteiger charge is 2.46. The van der Waals surface area contributed by atoms with Gasteiger partial charge in [-0.3, -0.25) is 9.59 Å². The molecule has 2 fully saturated rings.